The number of nitrogens with zero attached hydrogens (tertiary/aromatic N) is 1. The van der Waals surface area contributed by atoms with Crippen molar-refractivity contribution in [3.8, 4) is 11.1 Å². The van der Waals surface area contributed by atoms with E-state index in [9.17, 15) is 18.5 Å². The van der Waals surface area contributed by atoms with Crippen LogP contribution in [0.2, 0.25) is 0 Å². The predicted molar refractivity (Wildman–Crippen MR) is 68.3 cm³/mol. The first-order valence-electron chi connectivity index (χ1n) is 5.20. The van der Waals surface area contributed by atoms with Crippen molar-refractivity contribution in [1.29, 1.82) is 0 Å². The number of hydrogen-bond acceptors (Lipinski definition) is 4. The lowest BCUT2D eigenvalue weighted by Crippen LogP contribution is -1.97. The highest BCUT2D eigenvalue weighted by molar-refractivity contribution is 7.85. The first-order valence-corrected chi connectivity index (χ1v) is 6.64. The van der Waals surface area contributed by atoms with Gasteiger partial charge in [-0.25, -0.2) is 0 Å². The first kappa shape index (κ1) is 13.2. The fraction of sp³-hybridized carbons (Fsp3) is 0. The smallest absolute Gasteiger partial charge is 0.282 e. The summed E-state index contributed by atoms with van der Waals surface area (Å²) in [7, 11) is -4.21. The Morgan fingerprint density at radius 2 is 1.32 bits per heavy atom. The Bertz CT molecular complexity index is 705. The van der Waals surface area contributed by atoms with Crippen LogP contribution in [0.15, 0.2) is 53.4 Å². The molecule has 2 aromatic rings. The van der Waals surface area contributed by atoms with Crippen molar-refractivity contribution in [2.75, 3.05) is 0 Å². The van der Waals surface area contributed by atoms with Crippen LogP contribution in [-0.4, -0.2) is 17.9 Å². The van der Waals surface area contributed by atoms with Crippen molar-refractivity contribution in [3.05, 3.63) is 58.6 Å². The van der Waals surface area contributed by atoms with Gasteiger partial charge in [0.2, 0.25) is 0 Å². The summed E-state index contributed by atoms with van der Waals surface area (Å²) in [5, 5.41) is 10.5. The second-order valence-electron chi connectivity index (χ2n) is 3.80. The minimum absolute atomic E-state index is 0.0155. The second kappa shape index (κ2) is 4.79. The van der Waals surface area contributed by atoms with E-state index in [1.54, 1.807) is 12.1 Å². The molecule has 0 bridgehead atoms. The molecule has 1 N–H and O–H groups in total. The molecular weight excluding hydrogens is 270 g/mol. The molecule has 0 radical (unpaired) electrons. The van der Waals surface area contributed by atoms with Crippen LogP contribution in [-0.2, 0) is 10.1 Å². The van der Waals surface area contributed by atoms with Crippen LogP contribution in [0.4, 0.5) is 5.69 Å². The van der Waals surface area contributed by atoms with E-state index in [1.165, 1.54) is 36.4 Å². The van der Waals surface area contributed by atoms with Gasteiger partial charge in [0, 0.05) is 12.1 Å². The fourth-order valence-corrected chi connectivity index (χ4v) is 2.07. The lowest BCUT2D eigenvalue weighted by atomic mass is 10.1. The van der Waals surface area contributed by atoms with E-state index in [0.29, 0.717) is 11.1 Å². The summed E-state index contributed by atoms with van der Waals surface area (Å²) in [6.45, 7) is 0. The molecule has 0 spiro atoms. The zero-order valence-corrected chi connectivity index (χ0v) is 10.4. The molecule has 2 rings (SSSR count). The van der Waals surface area contributed by atoms with Gasteiger partial charge in [0.25, 0.3) is 15.8 Å². The molecule has 0 fully saturated rings. The number of nitro benzene ring substituents is 1. The molecule has 0 atom stereocenters. The van der Waals surface area contributed by atoms with Crippen LogP contribution in [0, 0.1) is 10.1 Å². The molecule has 0 saturated carbocycles. The third kappa shape index (κ3) is 2.95. The highest BCUT2D eigenvalue weighted by atomic mass is 32.2. The number of hydrogen-bond donors (Lipinski definition) is 1. The quantitative estimate of drug-likeness (QED) is 0.529. The third-order valence-corrected chi connectivity index (χ3v) is 3.43. The molecule has 7 heteroatoms. The van der Waals surface area contributed by atoms with Crippen molar-refractivity contribution in [2.24, 2.45) is 0 Å². The van der Waals surface area contributed by atoms with Gasteiger partial charge in [-0.1, -0.05) is 12.1 Å². The van der Waals surface area contributed by atoms with Crippen molar-refractivity contribution >= 4 is 15.8 Å². The Morgan fingerprint density at radius 3 is 1.68 bits per heavy atom. The number of non-ortho nitro benzene ring substituents is 1. The van der Waals surface area contributed by atoms with Crippen molar-refractivity contribution in [2.45, 2.75) is 4.90 Å². The molecular formula is C12H9NO5S. The van der Waals surface area contributed by atoms with Crippen molar-refractivity contribution in [1.82, 2.24) is 0 Å². The maximum absolute atomic E-state index is 10.9. The Hall–Kier alpha value is -2.25. The summed E-state index contributed by atoms with van der Waals surface area (Å²) in [6.07, 6.45) is 0. The van der Waals surface area contributed by atoms with Crippen LogP contribution in [0.3, 0.4) is 0 Å². The van der Waals surface area contributed by atoms with E-state index in [-0.39, 0.29) is 10.6 Å². The summed E-state index contributed by atoms with van der Waals surface area (Å²) in [5.74, 6) is 0. The Kier molecular flexibility index (Phi) is 3.32. The maximum Gasteiger partial charge on any atom is 0.294 e. The van der Waals surface area contributed by atoms with Gasteiger partial charge in [0.1, 0.15) is 0 Å². The SMILES string of the molecule is O=[N+]([O-])c1ccc(-c2ccc(S(=O)(=O)O)cc2)cc1. The second-order valence-corrected chi connectivity index (χ2v) is 5.22. The highest BCUT2D eigenvalue weighted by Crippen LogP contribution is 2.23. The molecule has 0 unspecified atom stereocenters. The molecule has 6 nitrogen and oxygen atoms in total. The molecule has 19 heavy (non-hydrogen) atoms. The van der Waals surface area contributed by atoms with E-state index in [0.717, 1.165) is 0 Å². The largest absolute Gasteiger partial charge is 0.294 e. The summed E-state index contributed by atoms with van der Waals surface area (Å²) >= 11 is 0. The topological polar surface area (TPSA) is 97.5 Å². The van der Waals surface area contributed by atoms with E-state index >= 15 is 0 Å². The third-order valence-electron chi connectivity index (χ3n) is 2.56. The number of rotatable bonds is 3. The van der Waals surface area contributed by atoms with Crippen LogP contribution in [0.25, 0.3) is 11.1 Å². The van der Waals surface area contributed by atoms with Gasteiger partial charge in [0.15, 0.2) is 0 Å². The number of benzene rings is 2. The van der Waals surface area contributed by atoms with Crippen LogP contribution >= 0.6 is 0 Å². The van der Waals surface area contributed by atoms with Gasteiger partial charge in [-0.3, -0.25) is 14.7 Å². The average molecular weight is 279 g/mol. The van der Waals surface area contributed by atoms with Gasteiger partial charge >= 0.3 is 0 Å². The van der Waals surface area contributed by atoms with E-state index in [4.69, 9.17) is 4.55 Å². The lowest BCUT2D eigenvalue weighted by molar-refractivity contribution is -0.384. The summed E-state index contributed by atoms with van der Waals surface area (Å²) in [6, 6.07) is 11.5. The van der Waals surface area contributed by atoms with Gasteiger partial charge < -0.3 is 0 Å². The lowest BCUT2D eigenvalue weighted by Gasteiger charge is -2.02. The monoisotopic (exact) mass is 279 g/mol. The van der Waals surface area contributed by atoms with E-state index in [1.807, 2.05) is 0 Å². The van der Waals surface area contributed by atoms with Crippen LogP contribution < -0.4 is 0 Å². The molecule has 0 aliphatic rings. The van der Waals surface area contributed by atoms with Gasteiger partial charge in [-0.05, 0) is 35.4 Å². The summed E-state index contributed by atoms with van der Waals surface area (Å²) in [4.78, 5) is 9.82. The van der Waals surface area contributed by atoms with Gasteiger partial charge in [0.05, 0.1) is 9.82 Å². The molecule has 0 amide bonds. The molecule has 0 aliphatic heterocycles. The molecule has 0 aromatic heterocycles. The zero-order valence-electron chi connectivity index (χ0n) is 9.55. The van der Waals surface area contributed by atoms with Gasteiger partial charge in [-0.2, -0.15) is 8.42 Å². The Balaban J connectivity index is 2.35. The summed E-state index contributed by atoms with van der Waals surface area (Å²) < 4.78 is 30.6. The molecule has 0 saturated heterocycles. The Labute approximate surface area is 109 Å². The van der Waals surface area contributed by atoms with Crippen LogP contribution in [0.1, 0.15) is 0 Å². The fourth-order valence-electron chi connectivity index (χ4n) is 1.59. The molecule has 98 valence electrons. The Morgan fingerprint density at radius 1 is 0.895 bits per heavy atom. The normalized spacial score (nSPS) is 11.2. The van der Waals surface area contributed by atoms with E-state index in [2.05, 4.69) is 0 Å². The highest BCUT2D eigenvalue weighted by Gasteiger charge is 2.09. The van der Waals surface area contributed by atoms with Crippen LogP contribution in [0.5, 0.6) is 0 Å². The zero-order chi connectivity index (χ0) is 14.0. The number of nitro groups is 1. The molecule has 0 aliphatic carbocycles. The maximum atomic E-state index is 10.9. The predicted octanol–water partition coefficient (Wildman–Crippen LogP) is 2.51. The van der Waals surface area contributed by atoms with Crippen molar-refractivity contribution in [3.63, 3.8) is 0 Å². The van der Waals surface area contributed by atoms with E-state index < -0.39 is 15.0 Å². The van der Waals surface area contributed by atoms with Gasteiger partial charge in [-0.15, -0.1) is 0 Å². The molecule has 2 aromatic carbocycles. The van der Waals surface area contributed by atoms with Crippen molar-refractivity contribution < 1.29 is 17.9 Å². The minimum atomic E-state index is -4.21. The minimum Gasteiger partial charge on any atom is -0.282 e. The summed E-state index contributed by atoms with van der Waals surface area (Å²) in [5.41, 5.74) is 1.40. The average Bonchev–Trinajstić information content (AvgIpc) is 2.38. The molecule has 0 heterocycles. The standard InChI is InChI=1S/C12H9NO5S/c14-13(15)11-5-1-9(2-6-11)10-3-7-12(8-4-10)19(16,17)18/h1-8H,(H,16,17,18). The first-order chi connectivity index (χ1) is 8.88.